The quantitative estimate of drug-likeness (QED) is 0.206. The van der Waals surface area contributed by atoms with Crippen molar-refractivity contribution in [3.8, 4) is 5.75 Å². The van der Waals surface area contributed by atoms with Crippen LogP contribution in [0.15, 0.2) is 48.5 Å². The number of ether oxygens (including phenoxy) is 2. The molecule has 0 atom stereocenters. The van der Waals surface area contributed by atoms with E-state index in [-0.39, 0.29) is 0 Å². The lowest BCUT2D eigenvalue weighted by Crippen LogP contribution is -2.33. The van der Waals surface area contributed by atoms with Gasteiger partial charge in [0.25, 0.3) is 0 Å². The number of amides is 1. The van der Waals surface area contributed by atoms with Gasteiger partial charge in [0.15, 0.2) is 0 Å². The number of sulfonamides is 2. The van der Waals surface area contributed by atoms with Crippen LogP contribution in [0.3, 0.4) is 0 Å². The fraction of sp³-hybridized carbons (Fsp3) is 0.552. The Bertz CT molecular complexity index is 1310. The van der Waals surface area contributed by atoms with Gasteiger partial charge in [0.1, 0.15) is 18.0 Å². The van der Waals surface area contributed by atoms with Crippen LogP contribution in [0.4, 0.5) is 16.2 Å². The molecule has 13 heteroatoms. The third-order valence-electron chi connectivity index (χ3n) is 5.88. The van der Waals surface area contributed by atoms with Gasteiger partial charge in [0.05, 0.1) is 12.5 Å². The van der Waals surface area contributed by atoms with E-state index in [4.69, 9.17) is 9.47 Å². The van der Waals surface area contributed by atoms with E-state index in [1.807, 2.05) is 32.9 Å². The second kappa shape index (κ2) is 16.6. The third-order valence-corrected chi connectivity index (χ3v) is 7.09. The molecule has 0 fully saturated rings. The molecule has 0 aliphatic heterocycles. The molecule has 1 amide bonds. The van der Waals surface area contributed by atoms with E-state index in [1.165, 1.54) is 0 Å². The van der Waals surface area contributed by atoms with Gasteiger partial charge in [0.2, 0.25) is 20.0 Å². The number of anilines is 2. The van der Waals surface area contributed by atoms with E-state index < -0.39 is 31.7 Å². The Hall–Kier alpha value is -3.03. The SMILES string of the molecule is CC(C)(C)OC(=O)NCCCCCCN(CCOc1ccc(NS(C)(=O)=O)cc1)CCc1ccc(NS(C)(=O)=O)cc1. The maximum atomic E-state index is 11.8. The fourth-order valence-corrected chi connectivity index (χ4v) is 5.15. The molecule has 0 saturated carbocycles. The molecule has 0 aliphatic carbocycles. The third kappa shape index (κ3) is 17.0. The summed E-state index contributed by atoms with van der Waals surface area (Å²) in [6, 6.07) is 14.2. The summed E-state index contributed by atoms with van der Waals surface area (Å²) in [6.45, 7) is 8.95. The molecule has 0 saturated heterocycles. The van der Waals surface area contributed by atoms with Gasteiger partial charge in [-0.05, 0) is 88.5 Å². The molecule has 42 heavy (non-hydrogen) atoms. The Labute approximate surface area is 251 Å². The van der Waals surface area contributed by atoms with Gasteiger partial charge in [-0.3, -0.25) is 14.3 Å². The van der Waals surface area contributed by atoms with Crippen LogP contribution in [-0.4, -0.2) is 78.7 Å². The normalized spacial score (nSPS) is 12.1. The van der Waals surface area contributed by atoms with Crippen molar-refractivity contribution in [3.63, 3.8) is 0 Å². The highest BCUT2D eigenvalue weighted by atomic mass is 32.2. The molecule has 11 nitrogen and oxygen atoms in total. The van der Waals surface area contributed by atoms with Gasteiger partial charge in [-0.15, -0.1) is 0 Å². The molecular weight excluding hydrogens is 580 g/mol. The summed E-state index contributed by atoms with van der Waals surface area (Å²) in [5, 5.41) is 2.79. The Morgan fingerprint density at radius 3 is 1.86 bits per heavy atom. The first kappa shape index (κ1) is 35.2. The van der Waals surface area contributed by atoms with E-state index >= 15 is 0 Å². The van der Waals surface area contributed by atoms with Crippen LogP contribution in [0.2, 0.25) is 0 Å². The van der Waals surface area contributed by atoms with Crippen molar-refractivity contribution in [2.75, 3.05) is 54.7 Å². The van der Waals surface area contributed by atoms with Crippen LogP contribution in [0.1, 0.15) is 52.0 Å². The van der Waals surface area contributed by atoms with E-state index in [2.05, 4.69) is 19.7 Å². The lowest BCUT2D eigenvalue weighted by atomic mass is 10.1. The number of carbonyl (C=O) groups is 1. The minimum absolute atomic E-state index is 0.393. The first-order valence-corrected chi connectivity index (χ1v) is 17.8. The molecule has 0 aromatic heterocycles. The summed E-state index contributed by atoms with van der Waals surface area (Å²) in [7, 11) is -6.66. The van der Waals surface area contributed by atoms with E-state index in [0.717, 1.165) is 63.3 Å². The molecule has 0 spiro atoms. The Kier molecular flexibility index (Phi) is 13.9. The van der Waals surface area contributed by atoms with Crippen molar-refractivity contribution in [1.82, 2.24) is 10.2 Å². The number of unbranched alkanes of at least 4 members (excludes halogenated alkanes) is 3. The van der Waals surface area contributed by atoms with E-state index in [9.17, 15) is 21.6 Å². The number of benzene rings is 2. The molecule has 0 heterocycles. The van der Waals surface area contributed by atoms with Gasteiger partial charge in [-0.2, -0.15) is 0 Å². The second-order valence-electron chi connectivity index (χ2n) is 11.3. The Balaban J connectivity index is 1.83. The second-order valence-corrected chi connectivity index (χ2v) is 14.7. The number of nitrogens with one attached hydrogen (secondary N) is 3. The molecule has 0 radical (unpaired) electrons. The summed E-state index contributed by atoms with van der Waals surface area (Å²) in [5.41, 5.74) is 1.60. The smallest absolute Gasteiger partial charge is 0.407 e. The van der Waals surface area contributed by atoms with E-state index in [1.54, 1.807) is 36.4 Å². The molecule has 0 unspecified atom stereocenters. The lowest BCUT2D eigenvalue weighted by Gasteiger charge is -2.23. The number of nitrogens with zero attached hydrogens (tertiary/aromatic N) is 1. The van der Waals surface area contributed by atoms with Crippen molar-refractivity contribution in [2.45, 2.75) is 58.5 Å². The highest BCUT2D eigenvalue weighted by Gasteiger charge is 2.15. The highest BCUT2D eigenvalue weighted by molar-refractivity contribution is 7.92. The topological polar surface area (TPSA) is 143 Å². The first-order chi connectivity index (χ1) is 19.6. The zero-order chi connectivity index (χ0) is 31.2. The van der Waals surface area contributed by atoms with Crippen LogP contribution in [0.25, 0.3) is 0 Å². The Morgan fingerprint density at radius 2 is 1.31 bits per heavy atom. The monoisotopic (exact) mass is 626 g/mol. The largest absolute Gasteiger partial charge is 0.492 e. The maximum Gasteiger partial charge on any atom is 0.407 e. The van der Waals surface area contributed by atoms with Gasteiger partial charge >= 0.3 is 6.09 Å². The van der Waals surface area contributed by atoms with Crippen LogP contribution in [-0.2, 0) is 31.2 Å². The van der Waals surface area contributed by atoms with Gasteiger partial charge < -0.3 is 14.8 Å². The lowest BCUT2D eigenvalue weighted by molar-refractivity contribution is 0.0527. The molecular formula is C29H46N4O7S2. The average molecular weight is 627 g/mol. The standard InChI is InChI=1S/C29H46N4O7S2/c1-29(2,3)40-28(34)30-19-8-6-7-9-20-33(21-18-24-10-12-25(13-11-24)31-41(4,35)36)22-23-39-27-16-14-26(15-17-27)32-42(5,37)38/h10-17,31-32H,6-9,18-23H2,1-5H3,(H,30,34). The highest BCUT2D eigenvalue weighted by Crippen LogP contribution is 2.17. The van der Waals surface area contributed by atoms with Gasteiger partial charge in [0, 0.05) is 31.0 Å². The van der Waals surface area contributed by atoms with Crippen LogP contribution >= 0.6 is 0 Å². The molecule has 2 aromatic carbocycles. The number of hydrogen-bond acceptors (Lipinski definition) is 8. The first-order valence-electron chi connectivity index (χ1n) is 14.0. The van der Waals surface area contributed by atoms with Crippen molar-refractivity contribution < 1.29 is 31.1 Å². The minimum Gasteiger partial charge on any atom is -0.492 e. The molecule has 0 bridgehead atoms. The summed E-state index contributed by atoms with van der Waals surface area (Å²) < 4.78 is 61.8. The van der Waals surface area contributed by atoms with Crippen molar-refractivity contribution in [1.29, 1.82) is 0 Å². The molecule has 2 rings (SSSR count). The zero-order valence-corrected chi connectivity index (χ0v) is 26.9. The van der Waals surface area contributed by atoms with Crippen LogP contribution in [0.5, 0.6) is 5.75 Å². The van der Waals surface area contributed by atoms with Crippen LogP contribution in [0, 0.1) is 0 Å². The summed E-state index contributed by atoms with van der Waals surface area (Å²) in [6.07, 6.45) is 6.51. The fourth-order valence-electron chi connectivity index (χ4n) is 4.02. The summed E-state index contributed by atoms with van der Waals surface area (Å²) in [5.74, 6) is 0.653. The predicted octanol–water partition coefficient (Wildman–Crippen LogP) is 4.44. The van der Waals surface area contributed by atoms with Gasteiger partial charge in [-0.25, -0.2) is 21.6 Å². The predicted molar refractivity (Wildman–Crippen MR) is 168 cm³/mol. The molecule has 2 aromatic rings. The van der Waals surface area contributed by atoms with Crippen molar-refractivity contribution in [2.24, 2.45) is 0 Å². The number of carbonyl (C=O) groups excluding carboxylic acids is 1. The zero-order valence-electron chi connectivity index (χ0n) is 25.3. The van der Waals surface area contributed by atoms with Crippen molar-refractivity contribution in [3.05, 3.63) is 54.1 Å². The number of rotatable bonds is 18. The number of hydrogen-bond donors (Lipinski definition) is 3. The molecule has 0 aliphatic rings. The maximum absolute atomic E-state index is 11.8. The molecule has 236 valence electrons. The molecule has 3 N–H and O–H groups in total. The van der Waals surface area contributed by atoms with Crippen molar-refractivity contribution >= 4 is 37.5 Å². The summed E-state index contributed by atoms with van der Waals surface area (Å²) >= 11 is 0. The van der Waals surface area contributed by atoms with Gasteiger partial charge in [-0.1, -0.05) is 25.0 Å². The minimum atomic E-state index is -3.34. The number of alkyl carbamates (subject to hydrolysis) is 1. The Morgan fingerprint density at radius 1 is 0.762 bits per heavy atom. The van der Waals surface area contributed by atoms with Crippen LogP contribution < -0.4 is 19.5 Å². The summed E-state index contributed by atoms with van der Waals surface area (Å²) in [4.78, 5) is 14.1. The average Bonchev–Trinajstić information content (AvgIpc) is 2.85. The van der Waals surface area contributed by atoms with E-state index in [0.29, 0.717) is 36.8 Å².